The Morgan fingerprint density at radius 3 is 2.45 bits per heavy atom. The number of hydrogen-bond acceptors (Lipinski definition) is 5. The highest BCUT2D eigenvalue weighted by molar-refractivity contribution is 5.95. The molecule has 2 fully saturated rings. The van der Waals surface area contributed by atoms with Gasteiger partial charge in [-0.05, 0) is 25.3 Å². The first-order chi connectivity index (χ1) is 16.0. The third-order valence-electron chi connectivity index (χ3n) is 6.36. The molecule has 8 nitrogen and oxygen atoms in total. The first-order valence-electron chi connectivity index (χ1n) is 11.7. The van der Waals surface area contributed by atoms with Crippen LogP contribution in [0.1, 0.15) is 31.4 Å². The van der Waals surface area contributed by atoms with Gasteiger partial charge in [-0.2, -0.15) is 0 Å². The van der Waals surface area contributed by atoms with Crippen LogP contribution >= 0.6 is 0 Å². The summed E-state index contributed by atoms with van der Waals surface area (Å²) < 4.78 is 5.42. The minimum absolute atomic E-state index is 0.214. The molecule has 2 aliphatic heterocycles. The Balaban J connectivity index is 1.63. The summed E-state index contributed by atoms with van der Waals surface area (Å²) in [4.78, 5) is 44.4. The summed E-state index contributed by atoms with van der Waals surface area (Å²) in [6, 6.07) is 8.60. The number of esters is 1. The standard InChI is InChI=1S/C25H32N4O4/c1-3-12-29-20(17-27-13-15-28(16-14-27)23(30)19-10-11-19)21(24(31)33-4-2)22(26-25(29)32)18-8-6-5-7-9-18/h3,5-9,19,22H,1,4,10-17H2,2H3,(H,26,32). The molecule has 8 heteroatoms. The zero-order valence-corrected chi connectivity index (χ0v) is 19.2. The first-order valence-corrected chi connectivity index (χ1v) is 11.7. The molecular formula is C25H32N4O4. The number of nitrogens with one attached hydrogen (secondary N) is 1. The number of carbonyl (C=O) groups is 3. The fraction of sp³-hybridized carbons (Fsp3) is 0.480. The summed E-state index contributed by atoms with van der Waals surface area (Å²) in [5, 5.41) is 2.97. The van der Waals surface area contributed by atoms with Gasteiger partial charge < -0.3 is 15.0 Å². The third-order valence-corrected chi connectivity index (χ3v) is 6.36. The molecule has 1 saturated carbocycles. The lowest BCUT2D eigenvalue weighted by molar-refractivity contribution is -0.139. The van der Waals surface area contributed by atoms with Gasteiger partial charge in [-0.1, -0.05) is 36.4 Å². The van der Waals surface area contributed by atoms with Crippen molar-refractivity contribution in [2.24, 2.45) is 5.92 Å². The first kappa shape index (κ1) is 23.0. The number of urea groups is 1. The molecule has 1 aliphatic carbocycles. The van der Waals surface area contributed by atoms with E-state index in [9.17, 15) is 14.4 Å². The molecule has 0 aromatic heterocycles. The third kappa shape index (κ3) is 5.11. The molecular weight excluding hydrogens is 420 g/mol. The van der Waals surface area contributed by atoms with Crippen LogP contribution in [0, 0.1) is 5.92 Å². The Kier molecular flexibility index (Phi) is 7.13. The van der Waals surface area contributed by atoms with Gasteiger partial charge in [0.1, 0.15) is 0 Å². The van der Waals surface area contributed by atoms with Crippen LogP contribution in [0.2, 0.25) is 0 Å². The normalized spacial score (nSPS) is 21.6. The quantitative estimate of drug-likeness (QED) is 0.484. The number of benzene rings is 1. The van der Waals surface area contributed by atoms with Crippen LogP contribution in [-0.4, -0.2) is 78.5 Å². The molecule has 0 radical (unpaired) electrons. The number of ether oxygens (including phenoxy) is 1. The van der Waals surface area contributed by atoms with Crippen LogP contribution in [0.3, 0.4) is 0 Å². The van der Waals surface area contributed by atoms with Gasteiger partial charge in [0.25, 0.3) is 0 Å². The van der Waals surface area contributed by atoms with Crippen LogP contribution in [0.15, 0.2) is 54.3 Å². The van der Waals surface area contributed by atoms with E-state index in [0.29, 0.717) is 44.0 Å². The lowest BCUT2D eigenvalue weighted by atomic mass is 9.94. The van der Waals surface area contributed by atoms with Gasteiger partial charge in [-0.15, -0.1) is 6.58 Å². The van der Waals surface area contributed by atoms with Crippen molar-refractivity contribution >= 4 is 17.9 Å². The SMILES string of the molecule is C=CCN1C(=O)NC(c2ccccc2)C(C(=O)OCC)=C1CN1CCN(C(=O)C2CC2)CC1. The van der Waals surface area contributed by atoms with Crippen molar-refractivity contribution in [1.29, 1.82) is 0 Å². The van der Waals surface area contributed by atoms with Crippen molar-refractivity contribution in [3.63, 3.8) is 0 Å². The Morgan fingerprint density at radius 2 is 1.85 bits per heavy atom. The van der Waals surface area contributed by atoms with Crippen LogP contribution in [-0.2, 0) is 14.3 Å². The number of rotatable bonds is 8. The van der Waals surface area contributed by atoms with E-state index in [0.717, 1.165) is 18.4 Å². The van der Waals surface area contributed by atoms with Crippen molar-refractivity contribution < 1.29 is 19.1 Å². The van der Waals surface area contributed by atoms with Gasteiger partial charge in [0.15, 0.2) is 0 Å². The number of amides is 3. The van der Waals surface area contributed by atoms with E-state index in [4.69, 9.17) is 4.74 Å². The monoisotopic (exact) mass is 452 g/mol. The van der Waals surface area contributed by atoms with Crippen molar-refractivity contribution in [2.45, 2.75) is 25.8 Å². The highest BCUT2D eigenvalue weighted by Gasteiger charge is 2.39. The summed E-state index contributed by atoms with van der Waals surface area (Å²) in [7, 11) is 0. The summed E-state index contributed by atoms with van der Waals surface area (Å²) in [5.74, 6) is 0.0416. The average Bonchev–Trinajstić information content (AvgIpc) is 3.67. The summed E-state index contributed by atoms with van der Waals surface area (Å²) in [6.45, 7) is 9.21. The number of carbonyl (C=O) groups excluding carboxylic acids is 3. The molecule has 1 N–H and O–H groups in total. The molecule has 0 spiro atoms. The van der Waals surface area contributed by atoms with E-state index >= 15 is 0 Å². The largest absolute Gasteiger partial charge is 0.463 e. The van der Waals surface area contributed by atoms with Crippen LogP contribution < -0.4 is 5.32 Å². The predicted octanol–water partition coefficient (Wildman–Crippen LogP) is 2.31. The predicted molar refractivity (Wildman–Crippen MR) is 124 cm³/mol. The van der Waals surface area contributed by atoms with Crippen LogP contribution in [0.4, 0.5) is 4.79 Å². The highest BCUT2D eigenvalue weighted by Crippen LogP contribution is 2.33. The average molecular weight is 453 g/mol. The molecule has 33 heavy (non-hydrogen) atoms. The van der Waals surface area contributed by atoms with Gasteiger partial charge in [0, 0.05) is 50.9 Å². The molecule has 1 unspecified atom stereocenters. The van der Waals surface area contributed by atoms with Gasteiger partial charge in [-0.3, -0.25) is 14.6 Å². The maximum Gasteiger partial charge on any atom is 0.338 e. The Hall–Kier alpha value is -3.13. The molecule has 1 saturated heterocycles. The van der Waals surface area contributed by atoms with Crippen LogP contribution in [0.25, 0.3) is 0 Å². The van der Waals surface area contributed by atoms with Crippen molar-refractivity contribution in [3.8, 4) is 0 Å². The Bertz CT molecular complexity index is 933. The fourth-order valence-corrected chi connectivity index (χ4v) is 4.47. The maximum atomic E-state index is 13.2. The van der Waals surface area contributed by atoms with E-state index in [1.165, 1.54) is 0 Å². The van der Waals surface area contributed by atoms with E-state index in [1.54, 1.807) is 17.9 Å². The number of piperazine rings is 1. The summed E-state index contributed by atoms with van der Waals surface area (Å²) in [5.41, 5.74) is 1.90. The number of nitrogens with zero attached hydrogens (tertiary/aromatic N) is 3. The van der Waals surface area contributed by atoms with Gasteiger partial charge >= 0.3 is 12.0 Å². The van der Waals surface area contributed by atoms with Gasteiger partial charge in [0.05, 0.1) is 18.2 Å². The molecule has 3 amide bonds. The number of hydrogen-bond donors (Lipinski definition) is 1. The zero-order valence-electron chi connectivity index (χ0n) is 19.2. The molecule has 1 aromatic carbocycles. The van der Waals surface area contributed by atoms with E-state index in [1.807, 2.05) is 35.2 Å². The molecule has 176 valence electrons. The molecule has 3 aliphatic rings. The van der Waals surface area contributed by atoms with E-state index in [2.05, 4.69) is 16.8 Å². The minimum atomic E-state index is -0.591. The Labute approximate surface area is 194 Å². The highest BCUT2D eigenvalue weighted by atomic mass is 16.5. The summed E-state index contributed by atoms with van der Waals surface area (Å²) >= 11 is 0. The smallest absolute Gasteiger partial charge is 0.338 e. The topological polar surface area (TPSA) is 82.2 Å². The molecule has 4 rings (SSSR count). The van der Waals surface area contributed by atoms with Crippen molar-refractivity contribution in [1.82, 2.24) is 20.0 Å². The van der Waals surface area contributed by atoms with Gasteiger partial charge in [0.2, 0.25) is 5.91 Å². The lowest BCUT2D eigenvalue weighted by Crippen LogP contribution is -2.54. The van der Waals surface area contributed by atoms with E-state index in [-0.39, 0.29) is 31.0 Å². The second-order valence-electron chi connectivity index (χ2n) is 8.65. The minimum Gasteiger partial charge on any atom is -0.463 e. The second-order valence-corrected chi connectivity index (χ2v) is 8.65. The fourth-order valence-electron chi connectivity index (χ4n) is 4.47. The Morgan fingerprint density at radius 1 is 1.15 bits per heavy atom. The van der Waals surface area contributed by atoms with Gasteiger partial charge in [-0.25, -0.2) is 9.59 Å². The second kappa shape index (κ2) is 10.2. The van der Waals surface area contributed by atoms with Crippen LogP contribution in [0.5, 0.6) is 0 Å². The van der Waals surface area contributed by atoms with Crippen molar-refractivity contribution in [3.05, 3.63) is 59.8 Å². The van der Waals surface area contributed by atoms with E-state index < -0.39 is 12.0 Å². The summed E-state index contributed by atoms with van der Waals surface area (Å²) in [6.07, 6.45) is 3.65. The molecule has 1 atom stereocenters. The molecule has 1 aromatic rings. The lowest BCUT2D eigenvalue weighted by Gasteiger charge is -2.40. The zero-order chi connectivity index (χ0) is 23.4. The molecule has 0 bridgehead atoms. The molecule has 2 heterocycles. The maximum absolute atomic E-state index is 13.2. The van der Waals surface area contributed by atoms with Crippen molar-refractivity contribution in [2.75, 3.05) is 45.9 Å².